The molecule has 2 rings (SSSR count). The number of carbonyl (C=O) groups is 1. The van der Waals surface area contributed by atoms with Gasteiger partial charge in [0.1, 0.15) is 11.9 Å². The maximum absolute atomic E-state index is 12.6. The zero-order valence-electron chi connectivity index (χ0n) is 8.11. The van der Waals surface area contributed by atoms with Gasteiger partial charge in [0.2, 0.25) is 0 Å². The predicted molar refractivity (Wildman–Crippen MR) is 51.0 cm³/mol. The van der Waals surface area contributed by atoms with Gasteiger partial charge < -0.3 is 9.47 Å². The summed E-state index contributed by atoms with van der Waals surface area (Å²) in [4.78, 5) is 11.5. The van der Waals surface area contributed by atoms with Gasteiger partial charge in [-0.2, -0.15) is 0 Å². The molecule has 0 saturated carbocycles. The van der Waals surface area contributed by atoms with Crippen LogP contribution in [0.4, 0.5) is 4.39 Å². The standard InChI is InChI=1S/C11H11FO3/c12-9-3-1-8(2-4-9)11(13)15-10-5-6-14-7-10/h1-4,10H,5-7H2. The number of ether oxygens (including phenoxy) is 2. The highest BCUT2D eigenvalue weighted by atomic mass is 19.1. The van der Waals surface area contributed by atoms with Gasteiger partial charge in [-0.25, -0.2) is 9.18 Å². The van der Waals surface area contributed by atoms with Crippen molar-refractivity contribution in [3.8, 4) is 0 Å². The van der Waals surface area contributed by atoms with Crippen molar-refractivity contribution in [1.82, 2.24) is 0 Å². The molecule has 1 saturated heterocycles. The van der Waals surface area contributed by atoms with Gasteiger partial charge in [-0.05, 0) is 24.3 Å². The molecule has 1 atom stereocenters. The number of esters is 1. The van der Waals surface area contributed by atoms with Gasteiger partial charge in [-0.3, -0.25) is 0 Å². The number of rotatable bonds is 2. The van der Waals surface area contributed by atoms with E-state index in [1.54, 1.807) is 0 Å². The minimum atomic E-state index is -0.425. The van der Waals surface area contributed by atoms with E-state index in [1.807, 2.05) is 0 Å². The smallest absolute Gasteiger partial charge is 0.338 e. The minimum absolute atomic E-state index is 0.164. The van der Waals surface area contributed by atoms with E-state index in [2.05, 4.69) is 0 Å². The van der Waals surface area contributed by atoms with Crippen LogP contribution in [0.1, 0.15) is 16.8 Å². The van der Waals surface area contributed by atoms with Gasteiger partial charge in [-0.15, -0.1) is 0 Å². The molecule has 3 nitrogen and oxygen atoms in total. The lowest BCUT2D eigenvalue weighted by Gasteiger charge is -2.09. The maximum Gasteiger partial charge on any atom is 0.338 e. The van der Waals surface area contributed by atoms with Crippen LogP contribution in [0.5, 0.6) is 0 Å². The van der Waals surface area contributed by atoms with E-state index in [4.69, 9.17) is 9.47 Å². The van der Waals surface area contributed by atoms with E-state index in [-0.39, 0.29) is 11.9 Å². The molecule has 1 unspecified atom stereocenters. The van der Waals surface area contributed by atoms with E-state index in [1.165, 1.54) is 24.3 Å². The summed E-state index contributed by atoms with van der Waals surface area (Å²) in [6, 6.07) is 5.30. The number of halogens is 1. The van der Waals surface area contributed by atoms with Crippen LogP contribution in [0.25, 0.3) is 0 Å². The Morgan fingerprint density at radius 3 is 2.73 bits per heavy atom. The van der Waals surface area contributed by atoms with Gasteiger partial charge in [0.15, 0.2) is 0 Å². The molecule has 80 valence electrons. The average Bonchev–Trinajstić information content (AvgIpc) is 2.71. The Kier molecular flexibility index (Phi) is 2.97. The lowest BCUT2D eigenvalue weighted by molar-refractivity contribution is 0.0270. The fourth-order valence-corrected chi connectivity index (χ4v) is 1.41. The van der Waals surface area contributed by atoms with Gasteiger partial charge in [-0.1, -0.05) is 0 Å². The Labute approximate surface area is 86.8 Å². The summed E-state index contributed by atoms with van der Waals surface area (Å²) < 4.78 is 22.8. The predicted octanol–water partition coefficient (Wildman–Crippen LogP) is 1.77. The van der Waals surface area contributed by atoms with Crippen LogP contribution in [-0.4, -0.2) is 25.3 Å². The van der Waals surface area contributed by atoms with E-state index in [0.717, 1.165) is 6.42 Å². The molecule has 0 bridgehead atoms. The second-order valence-electron chi connectivity index (χ2n) is 3.40. The van der Waals surface area contributed by atoms with E-state index >= 15 is 0 Å². The van der Waals surface area contributed by atoms with Crippen molar-refractivity contribution in [1.29, 1.82) is 0 Å². The van der Waals surface area contributed by atoms with Gasteiger partial charge in [0.25, 0.3) is 0 Å². The summed E-state index contributed by atoms with van der Waals surface area (Å²) in [6.07, 6.45) is 0.565. The molecule has 1 heterocycles. The van der Waals surface area contributed by atoms with Crippen molar-refractivity contribution in [3.05, 3.63) is 35.6 Å². The summed E-state index contributed by atoms with van der Waals surface area (Å²) in [6.45, 7) is 1.08. The van der Waals surface area contributed by atoms with Crippen LogP contribution in [-0.2, 0) is 9.47 Å². The first-order valence-electron chi connectivity index (χ1n) is 4.80. The minimum Gasteiger partial charge on any atom is -0.456 e. The maximum atomic E-state index is 12.6. The quantitative estimate of drug-likeness (QED) is 0.698. The Balaban J connectivity index is 1.98. The highest BCUT2D eigenvalue weighted by molar-refractivity contribution is 5.89. The molecular formula is C11H11FO3. The van der Waals surface area contributed by atoms with E-state index in [0.29, 0.717) is 18.8 Å². The van der Waals surface area contributed by atoms with Crippen LogP contribution < -0.4 is 0 Å². The Bertz CT molecular complexity index is 341. The largest absolute Gasteiger partial charge is 0.456 e. The van der Waals surface area contributed by atoms with Crippen LogP contribution >= 0.6 is 0 Å². The van der Waals surface area contributed by atoms with Crippen LogP contribution in [0.15, 0.2) is 24.3 Å². The molecule has 15 heavy (non-hydrogen) atoms. The monoisotopic (exact) mass is 210 g/mol. The van der Waals surface area contributed by atoms with Crippen molar-refractivity contribution in [2.24, 2.45) is 0 Å². The molecular weight excluding hydrogens is 199 g/mol. The highest BCUT2D eigenvalue weighted by Gasteiger charge is 2.20. The average molecular weight is 210 g/mol. The van der Waals surface area contributed by atoms with Crippen LogP contribution in [0.3, 0.4) is 0 Å². The molecule has 0 spiro atoms. The third-order valence-electron chi connectivity index (χ3n) is 2.24. The van der Waals surface area contributed by atoms with Crippen molar-refractivity contribution < 1.29 is 18.7 Å². The van der Waals surface area contributed by atoms with Crippen LogP contribution in [0, 0.1) is 5.82 Å². The topological polar surface area (TPSA) is 35.5 Å². The van der Waals surface area contributed by atoms with Crippen molar-refractivity contribution in [3.63, 3.8) is 0 Å². The lowest BCUT2D eigenvalue weighted by atomic mass is 10.2. The van der Waals surface area contributed by atoms with Gasteiger partial charge in [0.05, 0.1) is 18.8 Å². The molecule has 1 fully saturated rings. The second kappa shape index (κ2) is 4.40. The summed E-state index contributed by atoms with van der Waals surface area (Å²) >= 11 is 0. The molecule has 0 aliphatic carbocycles. The first kappa shape index (κ1) is 10.1. The molecule has 0 aromatic heterocycles. The SMILES string of the molecule is O=C(OC1CCOC1)c1ccc(F)cc1. The zero-order valence-corrected chi connectivity index (χ0v) is 8.11. The fraction of sp³-hybridized carbons (Fsp3) is 0.364. The summed E-state index contributed by atoms with van der Waals surface area (Å²) in [7, 11) is 0. The number of carbonyl (C=O) groups excluding carboxylic acids is 1. The van der Waals surface area contributed by atoms with Gasteiger partial charge >= 0.3 is 5.97 Å². The highest BCUT2D eigenvalue weighted by Crippen LogP contribution is 2.12. The Morgan fingerprint density at radius 2 is 2.13 bits per heavy atom. The normalized spacial score (nSPS) is 20.2. The summed E-state index contributed by atoms with van der Waals surface area (Å²) in [5.41, 5.74) is 0.364. The Hall–Kier alpha value is -1.42. The number of hydrogen-bond acceptors (Lipinski definition) is 3. The molecule has 4 heteroatoms. The molecule has 1 aliphatic heterocycles. The molecule has 0 radical (unpaired) electrons. The van der Waals surface area contributed by atoms with Crippen molar-refractivity contribution in [2.45, 2.75) is 12.5 Å². The summed E-state index contributed by atoms with van der Waals surface area (Å²) in [5, 5.41) is 0. The molecule has 1 aromatic rings. The second-order valence-corrected chi connectivity index (χ2v) is 3.40. The molecule has 1 aliphatic rings. The Morgan fingerprint density at radius 1 is 1.40 bits per heavy atom. The first-order chi connectivity index (χ1) is 7.25. The number of benzene rings is 1. The zero-order chi connectivity index (χ0) is 10.7. The fourth-order valence-electron chi connectivity index (χ4n) is 1.41. The van der Waals surface area contributed by atoms with Crippen LogP contribution in [0.2, 0.25) is 0 Å². The molecule has 0 amide bonds. The van der Waals surface area contributed by atoms with Gasteiger partial charge in [0, 0.05) is 6.42 Å². The third-order valence-corrected chi connectivity index (χ3v) is 2.24. The first-order valence-corrected chi connectivity index (χ1v) is 4.80. The van der Waals surface area contributed by atoms with Crippen molar-refractivity contribution >= 4 is 5.97 Å². The lowest BCUT2D eigenvalue weighted by Crippen LogP contribution is -2.18. The van der Waals surface area contributed by atoms with E-state index < -0.39 is 5.97 Å². The summed E-state index contributed by atoms with van der Waals surface area (Å²) in [5.74, 6) is -0.791. The molecule has 0 N–H and O–H groups in total. The third kappa shape index (κ3) is 2.53. The molecule has 1 aromatic carbocycles. The van der Waals surface area contributed by atoms with Crippen molar-refractivity contribution in [2.75, 3.05) is 13.2 Å². The van der Waals surface area contributed by atoms with E-state index in [9.17, 15) is 9.18 Å². The number of hydrogen-bond donors (Lipinski definition) is 0.